The van der Waals surface area contributed by atoms with Crippen LogP contribution in [-0.2, 0) is 4.79 Å². The van der Waals surface area contributed by atoms with Crippen molar-refractivity contribution in [3.63, 3.8) is 0 Å². The fraction of sp³-hybridized carbons (Fsp3) is 0.227. The summed E-state index contributed by atoms with van der Waals surface area (Å²) in [6.07, 6.45) is 0. The van der Waals surface area contributed by atoms with Crippen molar-refractivity contribution in [3.8, 4) is 23.3 Å². The summed E-state index contributed by atoms with van der Waals surface area (Å²) >= 11 is 1.20. The third-order valence-electron chi connectivity index (χ3n) is 4.16. The molecule has 8 heteroatoms. The summed E-state index contributed by atoms with van der Waals surface area (Å²) in [5.41, 5.74) is 1.69. The van der Waals surface area contributed by atoms with Crippen LogP contribution >= 0.6 is 11.8 Å². The Morgan fingerprint density at radius 3 is 2.47 bits per heavy atom. The zero-order chi connectivity index (χ0) is 21.5. The molecule has 0 aliphatic carbocycles. The molecule has 0 radical (unpaired) electrons. The molecule has 1 aromatic heterocycles. The van der Waals surface area contributed by atoms with Crippen LogP contribution in [0, 0.1) is 11.3 Å². The van der Waals surface area contributed by atoms with Gasteiger partial charge in [-0.05, 0) is 25.1 Å². The van der Waals surface area contributed by atoms with Crippen LogP contribution < -0.4 is 19.5 Å². The third kappa shape index (κ3) is 5.13. The Bertz CT molecular complexity index is 1090. The molecular formula is C22H21N3O4S. The molecule has 1 N–H and O–H groups in total. The number of hydrogen-bond donors (Lipinski definition) is 1. The number of thioether (sulfide) groups is 1. The lowest BCUT2D eigenvalue weighted by molar-refractivity contribution is -0.113. The molecule has 0 unspecified atom stereocenters. The number of nitrogens with zero attached hydrogens (tertiary/aromatic N) is 2. The van der Waals surface area contributed by atoms with Crippen LogP contribution in [0.3, 0.4) is 0 Å². The summed E-state index contributed by atoms with van der Waals surface area (Å²) in [4.78, 5) is 17.0. The second kappa shape index (κ2) is 9.85. The van der Waals surface area contributed by atoms with E-state index >= 15 is 0 Å². The van der Waals surface area contributed by atoms with Gasteiger partial charge in [-0.1, -0.05) is 11.8 Å². The molecule has 3 rings (SSSR count). The van der Waals surface area contributed by atoms with E-state index in [0.717, 1.165) is 5.39 Å². The molecular weight excluding hydrogens is 402 g/mol. The molecule has 1 heterocycles. The summed E-state index contributed by atoms with van der Waals surface area (Å²) in [6, 6.07) is 14.6. The van der Waals surface area contributed by atoms with Gasteiger partial charge >= 0.3 is 0 Å². The second-order valence-electron chi connectivity index (χ2n) is 6.18. The van der Waals surface area contributed by atoms with Crippen LogP contribution in [0.5, 0.6) is 17.2 Å². The number of nitrogens with one attached hydrogen (secondary N) is 1. The van der Waals surface area contributed by atoms with Crippen LogP contribution in [-0.4, -0.2) is 37.5 Å². The fourth-order valence-corrected chi connectivity index (χ4v) is 3.55. The summed E-state index contributed by atoms with van der Waals surface area (Å²) in [5, 5.41) is 13.6. The molecule has 7 nitrogen and oxygen atoms in total. The van der Waals surface area contributed by atoms with Crippen molar-refractivity contribution in [1.82, 2.24) is 4.98 Å². The van der Waals surface area contributed by atoms with Crippen LogP contribution in [0.4, 0.5) is 5.69 Å². The average Bonchev–Trinajstić information content (AvgIpc) is 2.76. The molecule has 1 amide bonds. The van der Waals surface area contributed by atoms with E-state index in [-0.39, 0.29) is 11.7 Å². The summed E-state index contributed by atoms with van der Waals surface area (Å²) in [7, 11) is 3.09. The Hall–Kier alpha value is -3.44. The zero-order valence-corrected chi connectivity index (χ0v) is 17.7. The number of benzene rings is 2. The highest BCUT2D eigenvalue weighted by Gasteiger charge is 2.12. The van der Waals surface area contributed by atoms with Gasteiger partial charge in [0.1, 0.15) is 28.3 Å². The van der Waals surface area contributed by atoms with Gasteiger partial charge in [0, 0.05) is 35.3 Å². The Kier molecular flexibility index (Phi) is 6.99. The Labute approximate surface area is 179 Å². The molecule has 0 bridgehead atoms. The van der Waals surface area contributed by atoms with Crippen molar-refractivity contribution in [1.29, 1.82) is 5.26 Å². The first kappa shape index (κ1) is 21.3. The Morgan fingerprint density at radius 1 is 1.10 bits per heavy atom. The molecule has 0 saturated heterocycles. The Morgan fingerprint density at radius 2 is 1.83 bits per heavy atom. The molecule has 0 aliphatic heterocycles. The topological polar surface area (TPSA) is 93.5 Å². The number of methoxy groups -OCH3 is 2. The van der Waals surface area contributed by atoms with Crippen LogP contribution in [0.25, 0.3) is 10.9 Å². The van der Waals surface area contributed by atoms with E-state index in [1.807, 2.05) is 25.1 Å². The number of carbonyl (C=O) groups is 1. The average molecular weight is 423 g/mol. The first-order valence-electron chi connectivity index (χ1n) is 9.19. The van der Waals surface area contributed by atoms with E-state index in [1.165, 1.54) is 11.8 Å². The molecule has 0 fully saturated rings. The monoisotopic (exact) mass is 423 g/mol. The molecule has 3 aromatic rings. The highest BCUT2D eigenvalue weighted by Crippen LogP contribution is 2.28. The van der Waals surface area contributed by atoms with E-state index in [4.69, 9.17) is 14.2 Å². The fourth-order valence-electron chi connectivity index (χ4n) is 2.79. The minimum atomic E-state index is -0.232. The van der Waals surface area contributed by atoms with Crippen LogP contribution in [0.1, 0.15) is 12.5 Å². The number of hydrogen-bond acceptors (Lipinski definition) is 7. The van der Waals surface area contributed by atoms with E-state index in [2.05, 4.69) is 16.4 Å². The standard InChI is InChI=1S/C22H21N3O4S/c1-4-29-17-6-5-14-7-15(12-23)22(25-20(14)11-17)30-13-21(26)24-16-8-18(27-2)10-19(9-16)28-3/h5-11H,4,13H2,1-3H3,(H,24,26). The maximum Gasteiger partial charge on any atom is 0.234 e. The quantitative estimate of drug-likeness (QED) is 0.541. The molecule has 0 atom stereocenters. The maximum atomic E-state index is 12.4. The van der Waals surface area contributed by atoms with Crippen molar-refractivity contribution in [2.45, 2.75) is 11.9 Å². The number of anilines is 1. The first-order valence-corrected chi connectivity index (χ1v) is 10.2. The third-order valence-corrected chi connectivity index (χ3v) is 5.15. The lowest BCUT2D eigenvalue weighted by atomic mass is 10.1. The molecule has 0 saturated carbocycles. The number of nitriles is 1. The van der Waals surface area contributed by atoms with Gasteiger partial charge in [-0.2, -0.15) is 5.26 Å². The maximum absolute atomic E-state index is 12.4. The highest BCUT2D eigenvalue weighted by molar-refractivity contribution is 8.00. The summed E-state index contributed by atoms with van der Waals surface area (Å²) in [5.74, 6) is 1.72. The van der Waals surface area contributed by atoms with E-state index in [1.54, 1.807) is 38.5 Å². The van der Waals surface area contributed by atoms with Gasteiger partial charge in [-0.25, -0.2) is 4.98 Å². The molecule has 0 spiro atoms. The normalized spacial score (nSPS) is 10.3. The summed E-state index contributed by atoms with van der Waals surface area (Å²) < 4.78 is 15.9. The van der Waals surface area contributed by atoms with Gasteiger partial charge in [0.05, 0.1) is 37.7 Å². The minimum Gasteiger partial charge on any atom is -0.497 e. The van der Waals surface area contributed by atoms with Crippen molar-refractivity contribution in [2.24, 2.45) is 0 Å². The number of aromatic nitrogens is 1. The highest BCUT2D eigenvalue weighted by atomic mass is 32.2. The van der Waals surface area contributed by atoms with Gasteiger partial charge in [0.2, 0.25) is 5.91 Å². The van der Waals surface area contributed by atoms with Gasteiger partial charge in [-0.15, -0.1) is 0 Å². The first-order chi connectivity index (χ1) is 14.6. The molecule has 2 aromatic carbocycles. The number of ether oxygens (including phenoxy) is 3. The number of carbonyl (C=O) groups excluding carboxylic acids is 1. The molecule has 154 valence electrons. The van der Waals surface area contributed by atoms with E-state index in [0.29, 0.717) is 45.6 Å². The predicted octanol–water partition coefficient (Wildman–Crippen LogP) is 4.25. The number of fused-ring (bicyclic) bond motifs is 1. The Balaban J connectivity index is 1.75. The zero-order valence-electron chi connectivity index (χ0n) is 16.9. The van der Waals surface area contributed by atoms with Crippen molar-refractivity contribution >= 4 is 34.3 Å². The van der Waals surface area contributed by atoms with Crippen LogP contribution in [0.15, 0.2) is 47.5 Å². The largest absolute Gasteiger partial charge is 0.497 e. The molecule has 30 heavy (non-hydrogen) atoms. The lowest BCUT2D eigenvalue weighted by Gasteiger charge is -2.10. The van der Waals surface area contributed by atoms with Crippen molar-refractivity contribution in [2.75, 3.05) is 31.9 Å². The summed E-state index contributed by atoms with van der Waals surface area (Å²) in [6.45, 7) is 2.47. The van der Waals surface area contributed by atoms with Gasteiger partial charge < -0.3 is 19.5 Å². The van der Waals surface area contributed by atoms with Gasteiger partial charge in [0.15, 0.2) is 0 Å². The van der Waals surface area contributed by atoms with E-state index < -0.39 is 0 Å². The number of rotatable bonds is 8. The number of pyridine rings is 1. The van der Waals surface area contributed by atoms with Gasteiger partial charge in [-0.3, -0.25) is 4.79 Å². The van der Waals surface area contributed by atoms with Gasteiger partial charge in [0.25, 0.3) is 0 Å². The van der Waals surface area contributed by atoms with Crippen molar-refractivity contribution < 1.29 is 19.0 Å². The number of amides is 1. The molecule has 0 aliphatic rings. The lowest BCUT2D eigenvalue weighted by Crippen LogP contribution is -2.14. The smallest absolute Gasteiger partial charge is 0.234 e. The van der Waals surface area contributed by atoms with E-state index in [9.17, 15) is 10.1 Å². The minimum absolute atomic E-state index is 0.0951. The van der Waals surface area contributed by atoms with Crippen molar-refractivity contribution in [3.05, 3.63) is 48.0 Å². The SMILES string of the molecule is CCOc1ccc2cc(C#N)c(SCC(=O)Nc3cc(OC)cc(OC)c3)nc2c1. The predicted molar refractivity (Wildman–Crippen MR) is 117 cm³/mol. The second-order valence-corrected chi connectivity index (χ2v) is 7.14. The van der Waals surface area contributed by atoms with Crippen LogP contribution in [0.2, 0.25) is 0 Å².